The van der Waals surface area contributed by atoms with Crippen molar-refractivity contribution in [3.05, 3.63) is 44.8 Å². The van der Waals surface area contributed by atoms with Crippen LogP contribution in [-0.4, -0.2) is 72.5 Å². The first kappa shape index (κ1) is 31.9. The number of fused-ring (bicyclic) bond motifs is 4. The van der Waals surface area contributed by atoms with Crippen LogP contribution in [-0.2, 0) is 26.2 Å². The first-order chi connectivity index (χ1) is 18.2. The van der Waals surface area contributed by atoms with Gasteiger partial charge in [0.25, 0.3) is 0 Å². The number of aromatic nitrogens is 1. The Balaban J connectivity index is 0.00000121. The van der Waals surface area contributed by atoms with E-state index in [1.165, 1.54) is 43.4 Å². The van der Waals surface area contributed by atoms with Crippen LogP contribution in [0.1, 0.15) is 76.6 Å². The summed E-state index contributed by atoms with van der Waals surface area (Å²) in [7, 11) is 9.59. The molecule has 4 rings (SSSR count). The van der Waals surface area contributed by atoms with E-state index in [9.17, 15) is 0 Å². The molecule has 0 N–H and O–H groups in total. The van der Waals surface area contributed by atoms with Gasteiger partial charge < -0.3 is 26.2 Å². The van der Waals surface area contributed by atoms with Crippen LogP contribution in [0, 0.1) is 0 Å². The second kappa shape index (κ2) is 18.7. The van der Waals surface area contributed by atoms with Gasteiger partial charge in [-0.25, -0.2) is 0 Å². The fraction of sp³-hybridized carbons (Fsp3) is 0.815. The predicted molar refractivity (Wildman–Crippen MR) is 157 cm³/mol. The average Bonchev–Trinajstić information content (AvgIpc) is 2.92. The van der Waals surface area contributed by atoms with Crippen molar-refractivity contribution in [2.75, 3.05) is 38.5 Å². The van der Waals surface area contributed by atoms with Crippen molar-refractivity contribution in [1.29, 1.82) is 0 Å². The van der Waals surface area contributed by atoms with Crippen LogP contribution in [0.4, 0.5) is 0 Å². The number of halogens is 2. The zero-order valence-electron chi connectivity index (χ0n) is 22.5. The summed E-state index contributed by atoms with van der Waals surface area (Å²) in [4.78, 5) is 8.83. The van der Waals surface area contributed by atoms with Crippen molar-refractivity contribution in [2.45, 2.75) is 107 Å². The predicted octanol–water partition coefficient (Wildman–Crippen LogP) is 8.02. The average molecular weight is 611 g/mol. The van der Waals surface area contributed by atoms with Crippen molar-refractivity contribution < 1.29 is 13.1 Å². The molecule has 2 saturated carbocycles. The van der Waals surface area contributed by atoms with Crippen LogP contribution in [0.5, 0.6) is 0 Å². The van der Waals surface area contributed by atoms with Crippen LogP contribution in [0.25, 0.3) is 21.3 Å². The van der Waals surface area contributed by atoms with Crippen molar-refractivity contribution in [2.24, 2.45) is 0 Å². The zero-order valence-corrected chi connectivity index (χ0v) is 26.0. The molecule has 1 aliphatic heterocycles. The molecule has 2 unspecified atom stereocenters. The Kier molecular flexibility index (Phi) is 16.1. The van der Waals surface area contributed by atoms with Crippen molar-refractivity contribution in [3.63, 3.8) is 0 Å². The molecule has 1 aromatic heterocycles. The fourth-order valence-corrected chi connectivity index (χ4v) is 6.62. The molecule has 0 spiro atoms. The summed E-state index contributed by atoms with van der Waals surface area (Å²) in [6.07, 6.45) is 9.78. The summed E-state index contributed by atoms with van der Waals surface area (Å²) in [5.41, 5.74) is 2.20. The molecule has 213 valence electrons. The van der Waals surface area contributed by atoms with Gasteiger partial charge in [0, 0.05) is 28.6 Å². The van der Waals surface area contributed by atoms with E-state index in [0.717, 1.165) is 62.7 Å². The number of hydrogen-bond donors (Lipinski definition) is 0. The summed E-state index contributed by atoms with van der Waals surface area (Å²) in [5, 5.41) is 20.4. The molecule has 10 heteroatoms. The zero-order chi connectivity index (χ0) is 26.3. The van der Waals surface area contributed by atoms with E-state index < -0.39 is 0 Å². The molecule has 4 atom stereocenters. The Bertz CT molecular complexity index is 711. The topological polar surface area (TPSA) is 72.5 Å². The summed E-state index contributed by atoms with van der Waals surface area (Å²) < 4.78 is 0. The van der Waals surface area contributed by atoms with Gasteiger partial charge in [0.05, 0.1) is 0 Å². The quantitative estimate of drug-likeness (QED) is 0.242. The third-order valence-electron chi connectivity index (χ3n) is 7.67. The second-order valence-electron chi connectivity index (χ2n) is 10.0. The minimum absolute atomic E-state index is 0.00694. The van der Waals surface area contributed by atoms with E-state index >= 15 is 0 Å². The van der Waals surface area contributed by atoms with E-state index in [1.807, 2.05) is 11.8 Å². The Morgan fingerprint density at radius 1 is 0.811 bits per heavy atom. The van der Waals surface area contributed by atoms with E-state index in [-0.39, 0.29) is 13.1 Å². The van der Waals surface area contributed by atoms with E-state index in [1.54, 1.807) is 0 Å². The van der Waals surface area contributed by atoms with Gasteiger partial charge in [-0.2, -0.15) is 37.3 Å². The van der Waals surface area contributed by atoms with Gasteiger partial charge in [-0.3, -0.25) is 4.98 Å². The van der Waals surface area contributed by atoms with Gasteiger partial charge in [-0.05, 0) is 25.2 Å². The van der Waals surface area contributed by atoms with Crippen LogP contribution in [0.3, 0.4) is 0 Å². The monoisotopic (exact) mass is 609 g/mol. The van der Waals surface area contributed by atoms with Crippen LogP contribution < -0.4 is 0 Å². The minimum atomic E-state index is 0.00694. The molecular weight excluding hydrogens is 566 g/mol. The SMILES string of the molecule is CCN(CC)CCSc1cc2nc(c1)C[N-][C@@H]1CCCC[C@H]1[N-]CC[N-]C1CCCCC1[N-]C2.[Cl][Mn][Cl]. The first-order valence-electron chi connectivity index (χ1n) is 14.0. The van der Waals surface area contributed by atoms with Crippen LogP contribution >= 0.6 is 32.0 Å². The number of nitrogens with zero attached hydrogens (tertiary/aromatic N) is 6. The second-order valence-corrected chi connectivity index (χ2v) is 13.2. The van der Waals surface area contributed by atoms with Crippen molar-refractivity contribution in [1.82, 2.24) is 9.88 Å². The van der Waals surface area contributed by atoms with Crippen molar-refractivity contribution >= 4 is 32.0 Å². The molecule has 0 aromatic carbocycles. The maximum absolute atomic E-state index is 5.14. The molecule has 2 fully saturated rings. The van der Waals surface area contributed by atoms with E-state index in [4.69, 9.17) is 46.4 Å². The summed E-state index contributed by atoms with van der Waals surface area (Å²) in [5.74, 6) is 1.10. The molecule has 6 nitrogen and oxygen atoms in total. The maximum atomic E-state index is 5.14. The molecular formula is C27H44Cl2MnN6S-4. The Morgan fingerprint density at radius 3 is 1.68 bits per heavy atom. The Morgan fingerprint density at radius 2 is 1.24 bits per heavy atom. The normalized spacial score (nSPS) is 27.2. The molecule has 1 aromatic rings. The number of thioether (sulfide) groups is 1. The summed E-state index contributed by atoms with van der Waals surface area (Å²) in [6, 6.07) is 5.96. The standard InChI is InChI=1S/C27H44N6S.2ClH.Mn/c1-3-33(4-2)15-16-34-23-17-21-19-30-26-11-7-5-9-24(26)28-13-14-29-25-10-6-8-12-27(25)31-20-22(18-23)32-21;;;/h17-18,24-27H,3-16,19-20H2,1-2H3;2*1H;/q-4;;;+2/p-2/t24-,25?,26-,27?;;;/m1.../s1. The van der Waals surface area contributed by atoms with E-state index in [2.05, 4.69) is 30.9 Å². The number of rotatable bonds is 6. The van der Waals surface area contributed by atoms with Gasteiger partial charge in [0.2, 0.25) is 0 Å². The molecule has 37 heavy (non-hydrogen) atoms. The van der Waals surface area contributed by atoms with E-state index in [0.29, 0.717) is 37.3 Å². The molecule has 2 heterocycles. The molecule has 3 aliphatic rings. The molecule has 0 saturated heterocycles. The fourth-order valence-electron chi connectivity index (χ4n) is 5.60. The first-order valence-corrected chi connectivity index (χ1v) is 18.3. The van der Waals surface area contributed by atoms with Gasteiger partial charge in [0.1, 0.15) is 0 Å². The van der Waals surface area contributed by atoms with Crippen molar-refractivity contribution in [3.8, 4) is 0 Å². The molecule has 0 radical (unpaired) electrons. The third kappa shape index (κ3) is 11.4. The molecule has 2 bridgehead atoms. The van der Waals surface area contributed by atoms with Crippen LogP contribution in [0.15, 0.2) is 17.0 Å². The van der Waals surface area contributed by atoms with Gasteiger partial charge in [-0.15, -0.1) is 24.9 Å². The molecule has 0 amide bonds. The Labute approximate surface area is 244 Å². The third-order valence-corrected chi connectivity index (χ3v) is 8.62. The molecule has 2 aliphatic carbocycles. The number of pyridine rings is 1. The summed E-state index contributed by atoms with van der Waals surface area (Å²) in [6.45, 7) is 10.9. The number of hydrogen-bond acceptors (Lipinski definition) is 3. The Hall–Kier alpha value is 0.399. The van der Waals surface area contributed by atoms with Gasteiger partial charge >= 0.3 is 33.3 Å². The van der Waals surface area contributed by atoms with Gasteiger partial charge in [-0.1, -0.05) is 65.2 Å². The van der Waals surface area contributed by atoms with Crippen LogP contribution in [0.2, 0.25) is 0 Å². The summed E-state index contributed by atoms with van der Waals surface area (Å²) >= 11 is 1.96. The van der Waals surface area contributed by atoms with Gasteiger partial charge in [0.15, 0.2) is 0 Å².